The molecule has 57 heavy (non-hydrogen) atoms. The van der Waals surface area contributed by atoms with Crippen LogP contribution in [0, 0.1) is 0 Å². The van der Waals surface area contributed by atoms with Crippen LogP contribution in [0.15, 0.2) is 60.8 Å². The van der Waals surface area contributed by atoms with Gasteiger partial charge in [0.1, 0.15) is 30.5 Å². The zero-order chi connectivity index (χ0) is 41.8. The van der Waals surface area contributed by atoms with E-state index in [-0.39, 0.29) is 19.6 Å². The van der Waals surface area contributed by atoms with Gasteiger partial charge in [-0.1, -0.05) is 145 Å². The summed E-state index contributed by atoms with van der Waals surface area (Å²) in [7, 11) is -5.06. The summed E-state index contributed by atoms with van der Waals surface area (Å²) < 4.78 is 58.9. The Morgan fingerprint density at radius 1 is 0.684 bits per heavy atom. The average Bonchev–Trinajstić information content (AvgIpc) is 3.18. The molecule has 0 radical (unpaired) electrons. The predicted molar refractivity (Wildman–Crippen MR) is 225 cm³/mol. The van der Waals surface area contributed by atoms with Crippen LogP contribution in [0.25, 0.3) is 0 Å². The van der Waals surface area contributed by atoms with Crippen molar-refractivity contribution in [3.63, 3.8) is 0 Å². The fourth-order valence-electron chi connectivity index (χ4n) is 6.17. The summed E-state index contributed by atoms with van der Waals surface area (Å²) in [6.07, 6.45) is 34.1. The molecule has 1 rings (SSSR count). The number of carbonyl (C=O) groups excluding carboxylic acids is 1. The lowest BCUT2D eigenvalue weighted by atomic mass is 9.99. The highest BCUT2D eigenvalue weighted by molar-refractivity contribution is 7.80. The fraction of sp³-hybridized carbons (Fsp3) is 0.750. The van der Waals surface area contributed by atoms with E-state index in [9.17, 15) is 28.5 Å². The molecule has 330 valence electrons. The van der Waals surface area contributed by atoms with Gasteiger partial charge in [0.2, 0.25) is 0 Å². The lowest BCUT2D eigenvalue weighted by Crippen LogP contribution is -2.60. The van der Waals surface area contributed by atoms with Crippen LogP contribution < -0.4 is 0 Å². The van der Waals surface area contributed by atoms with Crippen molar-refractivity contribution < 1.29 is 56.2 Å². The smallest absolute Gasteiger partial charge is 0.397 e. The van der Waals surface area contributed by atoms with Gasteiger partial charge in [0.25, 0.3) is 0 Å². The molecule has 6 atom stereocenters. The number of carbonyl (C=O) groups is 1. The van der Waals surface area contributed by atoms with Crippen molar-refractivity contribution in [2.75, 3.05) is 26.4 Å². The number of aliphatic hydroxyl groups is 3. The van der Waals surface area contributed by atoms with Crippen molar-refractivity contribution in [1.29, 1.82) is 0 Å². The Balaban J connectivity index is 2.44. The van der Waals surface area contributed by atoms with Crippen molar-refractivity contribution in [1.82, 2.24) is 0 Å². The second-order valence-corrected chi connectivity index (χ2v) is 15.6. The normalized spacial score (nSPS) is 21.3. The van der Waals surface area contributed by atoms with Crippen molar-refractivity contribution >= 4 is 16.4 Å². The van der Waals surface area contributed by atoms with Crippen LogP contribution in [0.2, 0.25) is 0 Å². The first kappa shape index (κ1) is 52.8. The molecule has 0 amide bonds. The molecule has 1 fully saturated rings. The Bertz CT molecular complexity index is 1230. The lowest BCUT2D eigenvalue weighted by Gasteiger charge is -2.41. The first-order valence-electron chi connectivity index (χ1n) is 21.5. The number of ether oxygens (including phenoxy) is 4. The van der Waals surface area contributed by atoms with Gasteiger partial charge in [-0.3, -0.25) is 9.35 Å². The van der Waals surface area contributed by atoms with Gasteiger partial charge in [-0.25, -0.2) is 4.18 Å². The van der Waals surface area contributed by atoms with Gasteiger partial charge in [0, 0.05) is 13.0 Å². The van der Waals surface area contributed by atoms with Gasteiger partial charge in [0.15, 0.2) is 6.29 Å². The Labute approximate surface area is 344 Å². The Morgan fingerprint density at radius 2 is 1.21 bits per heavy atom. The Morgan fingerprint density at radius 3 is 1.77 bits per heavy atom. The molecule has 0 bridgehead atoms. The van der Waals surface area contributed by atoms with Crippen LogP contribution in [0.1, 0.15) is 149 Å². The maximum absolute atomic E-state index is 12.8. The Hall–Kier alpha value is -2.20. The van der Waals surface area contributed by atoms with E-state index in [4.69, 9.17) is 23.5 Å². The number of hydrogen-bond acceptors (Lipinski definition) is 11. The zero-order valence-electron chi connectivity index (χ0n) is 34.9. The number of esters is 1. The van der Waals surface area contributed by atoms with Crippen molar-refractivity contribution in [2.24, 2.45) is 0 Å². The zero-order valence-corrected chi connectivity index (χ0v) is 35.7. The molecule has 4 N–H and O–H groups in total. The molecule has 1 saturated heterocycles. The summed E-state index contributed by atoms with van der Waals surface area (Å²) in [6.45, 7) is 3.78. The van der Waals surface area contributed by atoms with Crippen LogP contribution in [-0.2, 0) is 38.3 Å². The molecule has 0 saturated carbocycles. The summed E-state index contributed by atoms with van der Waals surface area (Å²) >= 11 is 0. The maximum Gasteiger partial charge on any atom is 0.397 e. The van der Waals surface area contributed by atoms with Gasteiger partial charge in [-0.05, 0) is 57.8 Å². The summed E-state index contributed by atoms with van der Waals surface area (Å²) in [4.78, 5) is 12.8. The van der Waals surface area contributed by atoms with Gasteiger partial charge in [-0.15, -0.1) is 0 Å². The summed E-state index contributed by atoms with van der Waals surface area (Å²) in [5.41, 5.74) is 0. The number of hydrogen-bond donors (Lipinski definition) is 4. The second-order valence-electron chi connectivity index (χ2n) is 14.6. The van der Waals surface area contributed by atoms with Gasteiger partial charge < -0.3 is 34.3 Å². The quantitative estimate of drug-likeness (QED) is 0.0205. The molecule has 1 aliphatic heterocycles. The average molecular weight is 829 g/mol. The minimum absolute atomic E-state index is 0.0175. The topological polar surface area (TPSA) is 178 Å². The molecule has 6 unspecified atom stereocenters. The monoisotopic (exact) mass is 829 g/mol. The van der Waals surface area contributed by atoms with E-state index in [1.807, 2.05) is 0 Å². The van der Waals surface area contributed by atoms with Gasteiger partial charge in [0.05, 0.1) is 19.8 Å². The molecule has 1 heterocycles. The third-order valence-electron chi connectivity index (χ3n) is 9.40. The van der Waals surface area contributed by atoms with Crippen LogP contribution >= 0.6 is 0 Å². The van der Waals surface area contributed by atoms with Crippen molar-refractivity contribution in [3.05, 3.63) is 60.8 Å². The lowest BCUT2D eigenvalue weighted by molar-refractivity contribution is -0.301. The summed E-state index contributed by atoms with van der Waals surface area (Å²) in [5.74, 6) is -0.414. The predicted octanol–water partition coefficient (Wildman–Crippen LogP) is 8.57. The van der Waals surface area contributed by atoms with E-state index in [1.165, 1.54) is 38.5 Å². The molecule has 1 aliphatic rings. The highest BCUT2D eigenvalue weighted by atomic mass is 32.3. The highest BCUT2D eigenvalue weighted by Crippen LogP contribution is 2.26. The molecular formula is C44H76O12S. The largest absolute Gasteiger partial charge is 0.457 e. The van der Waals surface area contributed by atoms with E-state index < -0.39 is 59.8 Å². The first-order valence-corrected chi connectivity index (χ1v) is 22.9. The van der Waals surface area contributed by atoms with Crippen LogP contribution in [0.3, 0.4) is 0 Å². The second kappa shape index (κ2) is 35.7. The molecule has 13 heteroatoms. The number of aliphatic hydroxyl groups excluding tert-OH is 3. The highest BCUT2D eigenvalue weighted by Gasteiger charge is 2.48. The number of allylic oxidation sites excluding steroid dienone is 10. The minimum atomic E-state index is -5.06. The third kappa shape index (κ3) is 29.6. The molecule has 0 aromatic carbocycles. The van der Waals surface area contributed by atoms with E-state index in [1.54, 1.807) is 0 Å². The molecule has 12 nitrogen and oxygen atoms in total. The maximum atomic E-state index is 12.8. The van der Waals surface area contributed by atoms with Gasteiger partial charge >= 0.3 is 16.4 Å². The summed E-state index contributed by atoms with van der Waals surface area (Å²) in [6, 6.07) is 0. The third-order valence-corrected chi connectivity index (χ3v) is 9.87. The first-order chi connectivity index (χ1) is 27.6. The van der Waals surface area contributed by atoms with E-state index >= 15 is 0 Å². The Kier molecular flexibility index (Phi) is 33.1. The molecule has 0 aliphatic carbocycles. The molecule has 0 aromatic rings. The van der Waals surface area contributed by atoms with Crippen molar-refractivity contribution in [3.8, 4) is 0 Å². The van der Waals surface area contributed by atoms with E-state index in [2.05, 4.69) is 78.8 Å². The number of rotatable bonds is 36. The number of unbranched alkanes of at least 4 members (excludes halogenated alkanes) is 13. The van der Waals surface area contributed by atoms with Crippen LogP contribution in [0.4, 0.5) is 0 Å². The molecule has 0 spiro atoms. The van der Waals surface area contributed by atoms with E-state index in [0.717, 1.165) is 83.5 Å². The fourth-order valence-corrected chi connectivity index (χ4v) is 6.68. The molecular weight excluding hydrogens is 753 g/mol. The molecule has 0 aromatic heterocycles. The summed E-state index contributed by atoms with van der Waals surface area (Å²) in [5, 5.41) is 30.6. The van der Waals surface area contributed by atoms with Crippen LogP contribution in [-0.4, -0.2) is 97.5 Å². The minimum Gasteiger partial charge on any atom is -0.457 e. The van der Waals surface area contributed by atoms with Crippen LogP contribution in [0.5, 0.6) is 0 Å². The van der Waals surface area contributed by atoms with E-state index in [0.29, 0.717) is 13.0 Å². The standard InChI is InChI=1S/C44H76O12S/c1-3-5-7-9-11-13-15-16-17-18-19-20-21-22-23-24-26-28-30-32-34-52-36-38(54-40(46)33-31-29-27-25-14-12-10-8-6-4-2)37-53-44-42(48)43(56-57(49,50)51)41(47)39(35-45)55-44/h5,7,11,13,16-17,19-20,22-23,38-39,41-45,47-48H,3-4,6,8-10,12,14-15,18,21,24-37H2,1-2H3,(H,49,50,51)/b7-5-,13-11-,17-16-,20-19-,23-22-. The SMILES string of the molecule is CC/C=C\C/C=C\C/C=C\C/C=C\C/C=C\CCCCCCOCC(COC1OC(CO)C(O)C(OS(=O)(=O)O)C1O)OC(=O)CCCCCCCCCCCC. The van der Waals surface area contributed by atoms with Gasteiger partial charge in [-0.2, -0.15) is 8.42 Å². The van der Waals surface area contributed by atoms with Crippen molar-refractivity contribution in [2.45, 2.75) is 185 Å².